The minimum absolute atomic E-state index is 0.0292. The van der Waals surface area contributed by atoms with Gasteiger partial charge in [0, 0.05) is 21.6 Å². The van der Waals surface area contributed by atoms with E-state index in [1.165, 1.54) is 0 Å². The molecular formula is C6H7IN2. The van der Waals surface area contributed by atoms with E-state index in [1.807, 2.05) is 0 Å². The lowest BCUT2D eigenvalue weighted by Crippen LogP contribution is -2.07. The third-order valence-electron chi connectivity index (χ3n) is 0.869. The predicted molar refractivity (Wildman–Crippen MR) is 50.1 cm³/mol. The molecule has 0 amide bonds. The zero-order chi connectivity index (χ0) is 6.69. The summed E-state index contributed by atoms with van der Waals surface area (Å²) in [5.41, 5.74) is 0.663. The molecule has 0 unspecified atom stereocenters. The number of halogens is 1. The molecule has 0 spiro atoms. The van der Waals surface area contributed by atoms with Gasteiger partial charge < -0.3 is 5.41 Å². The minimum atomic E-state index is -0.0292. The van der Waals surface area contributed by atoms with Crippen molar-refractivity contribution in [2.45, 2.75) is 6.92 Å². The van der Waals surface area contributed by atoms with Crippen molar-refractivity contribution in [3.05, 3.63) is 10.3 Å². The van der Waals surface area contributed by atoms with Gasteiger partial charge in [-0.3, -0.25) is 4.99 Å². The van der Waals surface area contributed by atoms with E-state index in [9.17, 15) is 0 Å². The van der Waals surface area contributed by atoms with E-state index in [2.05, 4.69) is 9.08 Å². The van der Waals surface area contributed by atoms with Crippen LogP contribution in [0.25, 0.3) is 0 Å². The Hall–Kier alpha value is -0.320. The van der Waals surface area contributed by atoms with Gasteiger partial charge in [-0.1, -0.05) is 20.7 Å². The van der Waals surface area contributed by atoms with Gasteiger partial charge in [0.05, 0.1) is 0 Å². The van der Waals surface area contributed by atoms with Gasteiger partial charge in [0.2, 0.25) is 0 Å². The highest BCUT2D eigenvalue weighted by Crippen LogP contribution is 2.06. The van der Waals surface area contributed by atoms with Gasteiger partial charge >= 0.3 is 0 Å². The monoisotopic (exact) mass is 234 g/mol. The molecule has 1 aliphatic heterocycles. The fourth-order valence-corrected chi connectivity index (χ4v) is 1.97. The molecule has 1 heterocycles. The lowest BCUT2D eigenvalue weighted by atomic mass is 10.3. The first-order valence-corrected chi connectivity index (χ1v) is 4.87. The van der Waals surface area contributed by atoms with Crippen molar-refractivity contribution in [1.82, 2.24) is 0 Å². The standard InChI is InChI=1S/C6H7IN2/c1-5(8)6-4-9-3-2-7-6/h2-4,8H,1H3. The van der Waals surface area contributed by atoms with Crippen molar-refractivity contribution in [2.75, 3.05) is 0 Å². The summed E-state index contributed by atoms with van der Waals surface area (Å²) in [5.74, 6) is 0. The minimum Gasteiger partial charge on any atom is -0.304 e. The summed E-state index contributed by atoms with van der Waals surface area (Å²) in [5, 5.41) is 7.25. The molecule has 0 fully saturated rings. The molecule has 48 valence electrons. The number of nitrogens with one attached hydrogen (secondary N) is 1. The van der Waals surface area contributed by atoms with Crippen LogP contribution in [0.5, 0.6) is 0 Å². The van der Waals surface area contributed by atoms with Gasteiger partial charge in [-0.05, 0) is 11.0 Å². The van der Waals surface area contributed by atoms with Crippen molar-refractivity contribution < 1.29 is 0 Å². The molecule has 1 aliphatic rings. The highest BCUT2D eigenvalue weighted by molar-refractivity contribution is 14.2. The van der Waals surface area contributed by atoms with E-state index >= 15 is 0 Å². The van der Waals surface area contributed by atoms with E-state index in [1.54, 1.807) is 19.3 Å². The Labute approximate surface area is 63.9 Å². The maximum absolute atomic E-state index is 7.25. The number of hydrogen-bond acceptors (Lipinski definition) is 2. The lowest BCUT2D eigenvalue weighted by Gasteiger charge is -1.95. The summed E-state index contributed by atoms with van der Waals surface area (Å²) >= 11 is -0.0292. The quantitative estimate of drug-likeness (QED) is 0.529. The third kappa shape index (κ3) is 1.82. The maximum atomic E-state index is 7.25. The molecule has 0 saturated heterocycles. The Kier molecular flexibility index (Phi) is 2.27. The number of rotatable bonds is 1. The van der Waals surface area contributed by atoms with E-state index in [-0.39, 0.29) is 20.7 Å². The average Bonchev–Trinajstić information content (AvgIpc) is 1.90. The van der Waals surface area contributed by atoms with Crippen LogP contribution in [-0.4, -0.2) is 15.4 Å². The van der Waals surface area contributed by atoms with Crippen LogP contribution in [0.3, 0.4) is 0 Å². The van der Waals surface area contributed by atoms with Crippen molar-refractivity contribution in [2.24, 2.45) is 4.99 Å². The largest absolute Gasteiger partial charge is 0.304 e. The molecule has 0 aromatic rings. The molecule has 0 aromatic heterocycles. The Morgan fingerprint density at radius 1 is 1.78 bits per heavy atom. The summed E-state index contributed by atoms with van der Waals surface area (Å²) < 4.78 is 3.18. The molecule has 1 N–H and O–H groups in total. The third-order valence-corrected chi connectivity index (χ3v) is 3.31. The number of aliphatic imine (C=N–C) groups is 1. The smallest absolute Gasteiger partial charge is 0.0465 e. The second-order valence-electron chi connectivity index (χ2n) is 1.64. The zero-order valence-electron chi connectivity index (χ0n) is 5.06. The fraction of sp³-hybridized carbons (Fsp3) is 0.167. The maximum Gasteiger partial charge on any atom is 0.0465 e. The summed E-state index contributed by atoms with van der Waals surface area (Å²) in [6, 6.07) is 0. The summed E-state index contributed by atoms with van der Waals surface area (Å²) in [6.07, 6.45) is 3.59. The molecule has 0 atom stereocenters. The van der Waals surface area contributed by atoms with E-state index in [0.29, 0.717) is 5.71 Å². The molecule has 0 aliphatic carbocycles. The van der Waals surface area contributed by atoms with Crippen LogP contribution in [0.4, 0.5) is 0 Å². The molecular weight excluding hydrogens is 227 g/mol. The van der Waals surface area contributed by atoms with Crippen LogP contribution < -0.4 is 0 Å². The van der Waals surface area contributed by atoms with E-state index < -0.39 is 0 Å². The van der Waals surface area contributed by atoms with Crippen molar-refractivity contribution >= 4 is 36.2 Å². The highest BCUT2D eigenvalue weighted by Gasteiger charge is 1.95. The average molecular weight is 234 g/mol. The van der Waals surface area contributed by atoms with Gasteiger partial charge in [0.1, 0.15) is 0 Å². The van der Waals surface area contributed by atoms with Crippen LogP contribution in [0.15, 0.2) is 15.3 Å². The molecule has 1 rings (SSSR count). The Morgan fingerprint density at radius 3 is 2.89 bits per heavy atom. The molecule has 9 heavy (non-hydrogen) atoms. The molecule has 2 nitrogen and oxygen atoms in total. The first kappa shape index (κ1) is 6.80. The van der Waals surface area contributed by atoms with Crippen molar-refractivity contribution in [1.29, 1.82) is 5.41 Å². The van der Waals surface area contributed by atoms with E-state index in [4.69, 9.17) is 5.41 Å². The molecule has 0 aromatic carbocycles. The predicted octanol–water partition coefficient (Wildman–Crippen LogP) is 1.72. The van der Waals surface area contributed by atoms with Gasteiger partial charge in [-0.2, -0.15) is 0 Å². The molecule has 0 saturated carbocycles. The van der Waals surface area contributed by atoms with Crippen LogP contribution in [0.2, 0.25) is 0 Å². The Balaban J connectivity index is 2.84. The summed E-state index contributed by atoms with van der Waals surface area (Å²) in [4.78, 5) is 3.92. The van der Waals surface area contributed by atoms with Gasteiger partial charge in [-0.15, -0.1) is 0 Å². The van der Waals surface area contributed by atoms with E-state index in [0.717, 1.165) is 3.51 Å². The Bertz CT molecular complexity index is 213. The highest BCUT2D eigenvalue weighted by atomic mass is 127. The number of nitrogens with zero attached hydrogens (tertiary/aromatic N) is 1. The first-order chi connectivity index (χ1) is 4.30. The van der Waals surface area contributed by atoms with Crippen LogP contribution in [0.1, 0.15) is 6.92 Å². The lowest BCUT2D eigenvalue weighted by molar-refractivity contribution is 1.52. The summed E-state index contributed by atoms with van der Waals surface area (Å²) in [6.45, 7) is 1.81. The molecule has 3 heteroatoms. The normalized spacial score (nSPS) is 16.3. The Morgan fingerprint density at radius 2 is 2.56 bits per heavy atom. The van der Waals surface area contributed by atoms with Crippen molar-refractivity contribution in [3.63, 3.8) is 0 Å². The summed E-state index contributed by atoms with van der Waals surface area (Å²) in [7, 11) is 0. The van der Waals surface area contributed by atoms with Gasteiger partial charge in [-0.25, -0.2) is 0 Å². The van der Waals surface area contributed by atoms with Crippen LogP contribution in [0, 0.1) is 5.41 Å². The van der Waals surface area contributed by atoms with Gasteiger partial charge in [0.25, 0.3) is 0 Å². The second kappa shape index (κ2) is 3.00. The molecule has 0 bridgehead atoms. The van der Waals surface area contributed by atoms with Crippen molar-refractivity contribution in [3.8, 4) is 0 Å². The topological polar surface area (TPSA) is 36.2 Å². The second-order valence-corrected chi connectivity index (χ2v) is 4.14. The molecule has 0 radical (unpaired) electrons. The van der Waals surface area contributed by atoms with Crippen LogP contribution in [-0.2, 0) is 0 Å². The SMILES string of the molecule is CC(=N)C1=IC=CN=C1. The fourth-order valence-electron chi connectivity index (χ4n) is 0.444. The van der Waals surface area contributed by atoms with Gasteiger partial charge in [0.15, 0.2) is 0 Å². The zero-order valence-corrected chi connectivity index (χ0v) is 7.21. The first-order valence-electron chi connectivity index (χ1n) is 2.55. The number of hydrogen-bond donors (Lipinski definition) is 1. The van der Waals surface area contributed by atoms with Crippen LogP contribution >= 0.6 is 20.7 Å².